The highest BCUT2D eigenvalue weighted by Crippen LogP contribution is 2.01. The Morgan fingerprint density at radius 2 is 2.28 bits per heavy atom. The van der Waals surface area contributed by atoms with E-state index in [1.54, 1.807) is 13.1 Å². The molecule has 8 heteroatoms. The highest BCUT2D eigenvalue weighted by Gasteiger charge is 2.16. The second-order valence-electron chi connectivity index (χ2n) is 4.11. The van der Waals surface area contributed by atoms with Crippen molar-refractivity contribution < 1.29 is 17.6 Å². The van der Waals surface area contributed by atoms with Crippen molar-refractivity contribution in [3.05, 3.63) is 17.8 Å². The third kappa shape index (κ3) is 5.28. The Morgan fingerprint density at radius 3 is 2.78 bits per heavy atom. The Bertz CT molecular complexity index is 509. The number of nitrogens with one attached hydrogen (secondary N) is 1. The Hall–Kier alpha value is -1.41. The maximum Gasteiger partial charge on any atom is 0.237 e. The van der Waals surface area contributed by atoms with Gasteiger partial charge in [0.1, 0.15) is 15.6 Å². The lowest BCUT2D eigenvalue weighted by molar-refractivity contribution is -0.122. The van der Waals surface area contributed by atoms with Crippen LogP contribution in [0.3, 0.4) is 0 Å². The highest BCUT2D eigenvalue weighted by atomic mass is 32.2. The fourth-order valence-corrected chi connectivity index (χ4v) is 1.93. The zero-order chi connectivity index (χ0) is 13.8. The molecule has 1 unspecified atom stereocenters. The van der Waals surface area contributed by atoms with E-state index in [9.17, 15) is 13.2 Å². The summed E-state index contributed by atoms with van der Waals surface area (Å²) in [5, 5.41) is 2.53. The number of aromatic nitrogens is 1. The van der Waals surface area contributed by atoms with E-state index in [0.717, 1.165) is 6.26 Å². The van der Waals surface area contributed by atoms with E-state index >= 15 is 0 Å². The molecule has 0 spiro atoms. The number of nitrogens with zero attached hydrogens (tertiary/aromatic N) is 1. The smallest absolute Gasteiger partial charge is 0.237 e. The standard InChI is InChI=1S/C10H17N3O4S/c1-7-5-12-9(17-7)6-13-10(14)8(11)3-4-18(2,15)16/h5,8H,3-4,6,11H2,1-2H3,(H,13,14). The summed E-state index contributed by atoms with van der Waals surface area (Å²) in [6, 6.07) is -0.851. The number of rotatable bonds is 6. The summed E-state index contributed by atoms with van der Waals surface area (Å²) in [7, 11) is -3.11. The number of hydrogen-bond acceptors (Lipinski definition) is 6. The van der Waals surface area contributed by atoms with E-state index in [4.69, 9.17) is 10.2 Å². The van der Waals surface area contributed by atoms with Gasteiger partial charge in [0, 0.05) is 6.26 Å². The van der Waals surface area contributed by atoms with Gasteiger partial charge in [-0.15, -0.1) is 0 Å². The molecular formula is C10H17N3O4S. The van der Waals surface area contributed by atoms with Crippen molar-refractivity contribution >= 4 is 15.7 Å². The van der Waals surface area contributed by atoms with Crippen LogP contribution in [0.2, 0.25) is 0 Å². The van der Waals surface area contributed by atoms with Crippen LogP contribution in [0.1, 0.15) is 18.1 Å². The number of aryl methyl sites for hydroxylation is 1. The van der Waals surface area contributed by atoms with Crippen molar-refractivity contribution in [1.29, 1.82) is 0 Å². The van der Waals surface area contributed by atoms with E-state index in [0.29, 0.717) is 11.7 Å². The molecule has 1 atom stereocenters. The molecule has 18 heavy (non-hydrogen) atoms. The van der Waals surface area contributed by atoms with Gasteiger partial charge in [-0.25, -0.2) is 13.4 Å². The third-order valence-electron chi connectivity index (χ3n) is 2.22. The van der Waals surface area contributed by atoms with Crippen molar-refractivity contribution in [2.45, 2.75) is 25.9 Å². The van der Waals surface area contributed by atoms with E-state index in [1.165, 1.54) is 0 Å². The Morgan fingerprint density at radius 1 is 1.61 bits per heavy atom. The quantitative estimate of drug-likeness (QED) is 0.713. The number of oxazole rings is 1. The summed E-state index contributed by atoms with van der Waals surface area (Å²) in [6.07, 6.45) is 2.74. The Labute approximate surface area is 106 Å². The number of hydrogen-bond donors (Lipinski definition) is 2. The van der Waals surface area contributed by atoms with Crippen LogP contribution in [0.15, 0.2) is 10.6 Å². The lowest BCUT2D eigenvalue weighted by atomic mass is 10.2. The van der Waals surface area contributed by atoms with Crippen LogP contribution in [0.25, 0.3) is 0 Å². The number of amides is 1. The lowest BCUT2D eigenvalue weighted by Crippen LogP contribution is -2.41. The first-order chi connectivity index (χ1) is 8.28. The number of nitrogens with two attached hydrogens (primary N) is 1. The molecule has 0 aromatic carbocycles. The van der Waals surface area contributed by atoms with Gasteiger partial charge in [-0.1, -0.05) is 0 Å². The van der Waals surface area contributed by atoms with Crippen LogP contribution in [0, 0.1) is 6.92 Å². The number of carbonyl (C=O) groups excluding carboxylic acids is 1. The largest absolute Gasteiger partial charge is 0.444 e. The fourth-order valence-electron chi connectivity index (χ4n) is 1.25. The summed E-state index contributed by atoms with van der Waals surface area (Å²) >= 11 is 0. The van der Waals surface area contributed by atoms with Crippen LogP contribution in [-0.2, 0) is 21.2 Å². The molecule has 0 aliphatic carbocycles. The van der Waals surface area contributed by atoms with Crippen molar-refractivity contribution in [2.24, 2.45) is 5.73 Å². The first-order valence-corrected chi connectivity index (χ1v) is 7.46. The number of sulfone groups is 1. The summed E-state index contributed by atoms with van der Waals surface area (Å²) < 4.78 is 27.0. The lowest BCUT2D eigenvalue weighted by Gasteiger charge is -2.10. The van der Waals surface area contributed by atoms with Gasteiger partial charge in [0.2, 0.25) is 11.8 Å². The van der Waals surface area contributed by atoms with E-state index < -0.39 is 21.8 Å². The van der Waals surface area contributed by atoms with E-state index in [-0.39, 0.29) is 18.7 Å². The molecule has 102 valence electrons. The van der Waals surface area contributed by atoms with E-state index in [1.807, 2.05) is 0 Å². The predicted molar refractivity (Wildman–Crippen MR) is 65.4 cm³/mol. The molecule has 0 fully saturated rings. The van der Waals surface area contributed by atoms with Crippen LogP contribution in [0.4, 0.5) is 0 Å². The molecule has 0 bridgehead atoms. The van der Waals surface area contributed by atoms with Crippen molar-refractivity contribution in [1.82, 2.24) is 10.3 Å². The molecule has 1 heterocycles. The van der Waals surface area contributed by atoms with Gasteiger partial charge in [0.15, 0.2) is 0 Å². The summed E-state index contributed by atoms with van der Waals surface area (Å²) in [5.74, 6) is 0.506. The van der Waals surface area contributed by atoms with Gasteiger partial charge in [-0.05, 0) is 13.3 Å². The molecular weight excluding hydrogens is 258 g/mol. The van der Waals surface area contributed by atoms with Crippen molar-refractivity contribution in [3.63, 3.8) is 0 Å². The molecule has 0 saturated heterocycles. The monoisotopic (exact) mass is 275 g/mol. The minimum absolute atomic E-state index is 0.0925. The first-order valence-electron chi connectivity index (χ1n) is 5.40. The molecule has 1 rings (SSSR count). The van der Waals surface area contributed by atoms with Gasteiger partial charge >= 0.3 is 0 Å². The number of carbonyl (C=O) groups is 1. The van der Waals surface area contributed by atoms with Gasteiger partial charge in [-0.2, -0.15) is 0 Å². The topological polar surface area (TPSA) is 115 Å². The van der Waals surface area contributed by atoms with Gasteiger partial charge in [0.05, 0.1) is 24.5 Å². The van der Waals surface area contributed by atoms with Gasteiger partial charge in [0.25, 0.3) is 0 Å². The summed E-state index contributed by atoms with van der Waals surface area (Å²) in [5.41, 5.74) is 5.57. The molecule has 0 aliphatic rings. The minimum Gasteiger partial charge on any atom is -0.444 e. The SMILES string of the molecule is Cc1cnc(CNC(=O)C(N)CCS(C)(=O)=O)o1. The Balaban J connectivity index is 2.36. The van der Waals surface area contributed by atoms with Crippen molar-refractivity contribution in [3.8, 4) is 0 Å². The molecule has 0 aliphatic heterocycles. The van der Waals surface area contributed by atoms with Crippen LogP contribution in [-0.4, -0.2) is 37.4 Å². The average Bonchev–Trinajstić information content (AvgIpc) is 2.67. The second-order valence-corrected chi connectivity index (χ2v) is 6.37. The zero-order valence-electron chi connectivity index (χ0n) is 10.3. The fraction of sp³-hybridized carbons (Fsp3) is 0.600. The van der Waals surface area contributed by atoms with Crippen molar-refractivity contribution in [2.75, 3.05) is 12.0 Å². The third-order valence-corrected chi connectivity index (χ3v) is 3.20. The maximum atomic E-state index is 11.5. The van der Waals surface area contributed by atoms with Crippen LogP contribution in [0.5, 0.6) is 0 Å². The molecule has 0 radical (unpaired) electrons. The molecule has 0 saturated carbocycles. The van der Waals surface area contributed by atoms with Gasteiger partial charge < -0.3 is 15.5 Å². The summed E-state index contributed by atoms with van der Waals surface area (Å²) in [6.45, 7) is 1.88. The van der Waals surface area contributed by atoms with E-state index in [2.05, 4.69) is 10.3 Å². The first kappa shape index (κ1) is 14.7. The highest BCUT2D eigenvalue weighted by molar-refractivity contribution is 7.90. The second kappa shape index (κ2) is 5.96. The molecule has 7 nitrogen and oxygen atoms in total. The van der Waals surface area contributed by atoms with Crippen LogP contribution < -0.4 is 11.1 Å². The molecule has 1 aromatic rings. The average molecular weight is 275 g/mol. The predicted octanol–water partition coefficient (Wildman–Crippen LogP) is -0.639. The Kier molecular flexibility index (Phi) is 4.85. The molecule has 3 N–H and O–H groups in total. The van der Waals surface area contributed by atoms with Crippen LogP contribution >= 0.6 is 0 Å². The molecule has 1 amide bonds. The molecule has 1 aromatic heterocycles. The minimum atomic E-state index is -3.11. The summed E-state index contributed by atoms with van der Waals surface area (Å²) in [4.78, 5) is 15.5. The van der Waals surface area contributed by atoms with Gasteiger partial charge in [-0.3, -0.25) is 4.79 Å². The zero-order valence-corrected chi connectivity index (χ0v) is 11.2. The normalized spacial score (nSPS) is 13.3. The maximum absolute atomic E-state index is 11.5.